The van der Waals surface area contributed by atoms with E-state index in [1.165, 1.54) is 0 Å². The van der Waals surface area contributed by atoms with E-state index in [1.54, 1.807) is 20.3 Å². The molecule has 0 aliphatic carbocycles. The average Bonchev–Trinajstić information content (AvgIpc) is 2.91. The van der Waals surface area contributed by atoms with Gasteiger partial charge in [0.15, 0.2) is 0 Å². The molecule has 1 amide bonds. The zero-order chi connectivity index (χ0) is 16.4. The van der Waals surface area contributed by atoms with Crippen molar-refractivity contribution in [2.75, 3.05) is 14.2 Å². The molecule has 0 saturated carbocycles. The highest BCUT2D eigenvalue weighted by atomic mass is 16.5. The average molecular weight is 309 g/mol. The lowest BCUT2D eigenvalue weighted by atomic mass is 10.0. The Morgan fingerprint density at radius 1 is 1.17 bits per heavy atom. The van der Waals surface area contributed by atoms with Crippen molar-refractivity contribution in [3.63, 3.8) is 0 Å². The SMILES string of the molecule is C=Cc1cc(OC)c2c(c1)C(=O)N(Cc1ccc(OC)cc1)C2. The molecule has 4 nitrogen and oxygen atoms in total. The minimum absolute atomic E-state index is 0.0258. The van der Waals surface area contributed by atoms with Crippen LogP contribution in [0, 0.1) is 0 Å². The molecule has 0 radical (unpaired) electrons. The van der Waals surface area contributed by atoms with Gasteiger partial charge in [0.05, 0.1) is 20.8 Å². The standard InChI is InChI=1S/C19H19NO3/c1-4-13-9-16-17(18(10-13)23-3)12-20(19(16)21)11-14-5-7-15(22-2)8-6-14/h4-10H,1,11-12H2,2-3H3. The van der Waals surface area contributed by atoms with Gasteiger partial charge >= 0.3 is 0 Å². The number of amides is 1. The second-order valence-corrected chi connectivity index (χ2v) is 5.46. The van der Waals surface area contributed by atoms with E-state index in [-0.39, 0.29) is 5.91 Å². The first kappa shape index (κ1) is 15.2. The second kappa shape index (κ2) is 6.16. The van der Waals surface area contributed by atoms with Crippen LogP contribution in [0.5, 0.6) is 11.5 Å². The first-order valence-electron chi connectivity index (χ1n) is 7.42. The van der Waals surface area contributed by atoms with Gasteiger partial charge in [0.2, 0.25) is 0 Å². The predicted octanol–water partition coefficient (Wildman–Crippen LogP) is 3.50. The van der Waals surface area contributed by atoms with Crippen LogP contribution in [0.15, 0.2) is 43.0 Å². The molecule has 23 heavy (non-hydrogen) atoms. The van der Waals surface area contributed by atoms with Crippen molar-refractivity contribution in [2.24, 2.45) is 0 Å². The second-order valence-electron chi connectivity index (χ2n) is 5.46. The van der Waals surface area contributed by atoms with Gasteiger partial charge in [0, 0.05) is 17.7 Å². The molecule has 1 aliphatic rings. The highest BCUT2D eigenvalue weighted by Crippen LogP contribution is 2.33. The van der Waals surface area contributed by atoms with Crippen molar-refractivity contribution >= 4 is 12.0 Å². The molecular weight excluding hydrogens is 290 g/mol. The molecule has 118 valence electrons. The fourth-order valence-corrected chi connectivity index (χ4v) is 2.83. The Balaban J connectivity index is 1.86. The number of fused-ring (bicyclic) bond motifs is 1. The summed E-state index contributed by atoms with van der Waals surface area (Å²) >= 11 is 0. The van der Waals surface area contributed by atoms with Crippen molar-refractivity contribution in [2.45, 2.75) is 13.1 Å². The predicted molar refractivity (Wildman–Crippen MR) is 89.7 cm³/mol. The largest absolute Gasteiger partial charge is 0.497 e. The molecular formula is C19H19NO3. The molecule has 4 heteroatoms. The maximum atomic E-state index is 12.7. The maximum Gasteiger partial charge on any atom is 0.254 e. The smallest absolute Gasteiger partial charge is 0.254 e. The third kappa shape index (κ3) is 2.80. The van der Waals surface area contributed by atoms with Crippen LogP contribution in [0.1, 0.15) is 27.0 Å². The number of hydrogen-bond donors (Lipinski definition) is 0. The van der Waals surface area contributed by atoms with E-state index in [0.717, 1.165) is 28.2 Å². The number of ether oxygens (including phenoxy) is 2. The minimum Gasteiger partial charge on any atom is -0.497 e. The van der Waals surface area contributed by atoms with E-state index in [1.807, 2.05) is 41.3 Å². The Kier molecular flexibility index (Phi) is 4.06. The first-order chi connectivity index (χ1) is 11.2. The normalized spacial score (nSPS) is 13.0. The molecule has 0 bridgehead atoms. The van der Waals surface area contributed by atoms with Crippen molar-refractivity contribution in [3.8, 4) is 11.5 Å². The summed E-state index contributed by atoms with van der Waals surface area (Å²) in [4.78, 5) is 14.5. The Morgan fingerprint density at radius 2 is 1.91 bits per heavy atom. The van der Waals surface area contributed by atoms with Crippen LogP contribution in [0.25, 0.3) is 6.08 Å². The highest BCUT2D eigenvalue weighted by molar-refractivity contribution is 5.99. The van der Waals surface area contributed by atoms with E-state index in [2.05, 4.69) is 6.58 Å². The molecule has 0 atom stereocenters. The fourth-order valence-electron chi connectivity index (χ4n) is 2.83. The zero-order valence-corrected chi connectivity index (χ0v) is 13.3. The molecule has 2 aromatic rings. The van der Waals surface area contributed by atoms with Crippen LogP contribution in [-0.2, 0) is 13.1 Å². The van der Waals surface area contributed by atoms with Gasteiger partial charge in [-0.15, -0.1) is 0 Å². The van der Waals surface area contributed by atoms with Gasteiger partial charge in [-0.3, -0.25) is 4.79 Å². The number of hydrogen-bond acceptors (Lipinski definition) is 3. The van der Waals surface area contributed by atoms with E-state index in [9.17, 15) is 4.79 Å². The summed E-state index contributed by atoms with van der Waals surface area (Å²) in [6, 6.07) is 11.5. The van der Waals surface area contributed by atoms with Crippen LogP contribution in [0.3, 0.4) is 0 Å². The maximum absolute atomic E-state index is 12.7. The van der Waals surface area contributed by atoms with Gasteiger partial charge in [0.25, 0.3) is 5.91 Å². The van der Waals surface area contributed by atoms with Crippen LogP contribution < -0.4 is 9.47 Å². The molecule has 0 saturated heterocycles. The minimum atomic E-state index is 0.0258. The molecule has 3 rings (SSSR count). The van der Waals surface area contributed by atoms with Crippen molar-refractivity contribution in [3.05, 3.63) is 65.2 Å². The lowest BCUT2D eigenvalue weighted by molar-refractivity contribution is 0.0766. The van der Waals surface area contributed by atoms with Gasteiger partial charge in [-0.05, 0) is 35.4 Å². The number of nitrogens with zero attached hydrogens (tertiary/aromatic N) is 1. The molecule has 1 aliphatic heterocycles. The van der Waals surface area contributed by atoms with Crippen LogP contribution >= 0.6 is 0 Å². The van der Waals surface area contributed by atoms with Crippen molar-refractivity contribution < 1.29 is 14.3 Å². The summed E-state index contributed by atoms with van der Waals surface area (Å²) in [5.74, 6) is 1.57. The lowest BCUT2D eigenvalue weighted by Crippen LogP contribution is -2.23. The quantitative estimate of drug-likeness (QED) is 0.848. The Labute approximate surface area is 135 Å². The van der Waals surface area contributed by atoms with Crippen LogP contribution in [0.4, 0.5) is 0 Å². The molecule has 0 fully saturated rings. The summed E-state index contributed by atoms with van der Waals surface area (Å²) in [5.41, 5.74) is 3.60. The highest BCUT2D eigenvalue weighted by Gasteiger charge is 2.30. The van der Waals surface area contributed by atoms with Gasteiger partial charge in [-0.25, -0.2) is 0 Å². The topological polar surface area (TPSA) is 38.8 Å². The van der Waals surface area contributed by atoms with Crippen LogP contribution in [0.2, 0.25) is 0 Å². The zero-order valence-electron chi connectivity index (χ0n) is 13.3. The van der Waals surface area contributed by atoms with E-state index >= 15 is 0 Å². The number of methoxy groups -OCH3 is 2. The van der Waals surface area contributed by atoms with E-state index in [0.29, 0.717) is 18.7 Å². The first-order valence-corrected chi connectivity index (χ1v) is 7.42. The van der Waals surface area contributed by atoms with Gasteiger partial charge in [-0.2, -0.15) is 0 Å². The van der Waals surface area contributed by atoms with E-state index < -0.39 is 0 Å². The number of carbonyl (C=O) groups excluding carboxylic acids is 1. The number of rotatable bonds is 5. The number of benzene rings is 2. The van der Waals surface area contributed by atoms with Crippen molar-refractivity contribution in [1.29, 1.82) is 0 Å². The number of carbonyl (C=O) groups is 1. The molecule has 0 aromatic heterocycles. The third-order valence-corrected chi connectivity index (χ3v) is 4.09. The Bertz CT molecular complexity index is 750. The summed E-state index contributed by atoms with van der Waals surface area (Å²) in [5, 5.41) is 0. The van der Waals surface area contributed by atoms with Gasteiger partial charge < -0.3 is 14.4 Å². The summed E-state index contributed by atoms with van der Waals surface area (Å²) in [6.45, 7) is 4.88. The molecule has 0 spiro atoms. The van der Waals surface area contributed by atoms with E-state index in [4.69, 9.17) is 9.47 Å². The Hall–Kier alpha value is -2.75. The molecule has 0 unspecified atom stereocenters. The lowest BCUT2D eigenvalue weighted by Gasteiger charge is -2.16. The summed E-state index contributed by atoms with van der Waals surface area (Å²) in [6.07, 6.45) is 1.72. The van der Waals surface area contributed by atoms with Crippen LogP contribution in [-0.4, -0.2) is 25.0 Å². The third-order valence-electron chi connectivity index (χ3n) is 4.09. The Morgan fingerprint density at radius 3 is 2.52 bits per heavy atom. The van der Waals surface area contributed by atoms with Gasteiger partial charge in [0.1, 0.15) is 11.5 Å². The molecule has 2 aromatic carbocycles. The fraction of sp³-hybridized carbons (Fsp3) is 0.211. The summed E-state index contributed by atoms with van der Waals surface area (Å²) < 4.78 is 10.6. The van der Waals surface area contributed by atoms with Crippen molar-refractivity contribution in [1.82, 2.24) is 4.90 Å². The summed E-state index contributed by atoms with van der Waals surface area (Å²) in [7, 11) is 3.26. The van der Waals surface area contributed by atoms with Gasteiger partial charge in [-0.1, -0.05) is 24.8 Å². The molecule has 0 N–H and O–H groups in total. The molecule has 1 heterocycles. The monoisotopic (exact) mass is 309 g/mol.